The molecule has 0 aromatic carbocycles. The van der Waals surface area contributed by atoms with Crippen LogP contribution in [0.2, 0.25) is 0 Å². The van der Waals surface area contributed by atoms with E-state index in [4.69, 9.17) is 0 Å². The topological polar surface area (TPSA) is 41.5 Å². The summed E-state index contributed by atoms with van der Waals surface area (Å²) in [7, 11) is 0. The third-order valence-electron chi connectivity index (χ3n) is 4.03. The standard InChI is InChI=1S/C17H32N2O/c1-3-4-5-6-7-8-9-10-11-12-17(20)19-18-15(2)16-13-14-16/h16H,3-14H2,1-2H3,(H,19,20). The van der Waals surface area contributed by atoms with Gasteiger partial charge in [0.2, 0.25) is 5.91 Å². The molecule has 1 N–H and O–H groups in total. The van der Waals surface area contributed by atoms with E-state index in [0.717, 1.165) is 12.1 Å². The Bertz CT molecular complexity index is 295. The third kappa shape index (κ3) is 9.11. The first-order chi connectivity index (χ1) is 9.74. The predicted octanol–water partition coefficient (Wildman–Crippen LogP) is 4.81. The molecule has 0 saturated heterocycles. The van der Waals surface area contributed by atoms with Crippen molar-refractivity contribution in [1.29, 1.82) is 0 Å². The van der Waals surface area contributed by atoms with Crippen molar-refractivity contribution >= 4 is 11.6 Å². The van der Waals surface area contributed by atoms with Crippen LogP contribution >= 0.6 is 0 Å². The minimum atomic E-state index is 0.0768. The summed E-state index contributed by atoms with van der Waals surface area (Å²) in [6.45, 7) is 4.26. The van der Waals surface area contributed by atoms with Crippen LogP contribution in [0.5, 0.6) is 0 Å². The summed E-state index contributed by atoms with van der Waals surface area (Å²) in [6.07, 6.45) is 14.7. The number of hydrogen-bond acceptors (Lipinski definition) is 2. The first kappa shape index (κ1) is 17.2. The van der Waals surface area contributed by atoms with E-state index in [1.54, 1.807) is 0 Å². The molecule has 0 heterocycles. The molecule has 0 spiro atoms. The number of hydrogen-bond donors (Lipinski definition) is 1. The lowest BCUT2D eigenvalue weighted by Gasteiger charge is -2.03. The van der Waals surface area contributed by atoms with Crippen LogP contribution in [-0.4, -0.2) is 11.6 Å². The molecule has 1 saturated carbocycles. The van der Waals surface area contributed by atoms with Crippen LogP contribution in [0.15, 0.2) is 5.10 Å². The second-order valence-corrected chi connectivity index (χ2v) is 6.14. The summed E-state index contributed by atoms with van der Waals surface area (Å²) in [5, 5.41) is 4.16. The Morgan fingerprint density at radius 2 is 1.55 bits per heavy atom. The quantitative estimate of drug-likeness (QED) is 0.311. The largest absolute Gasteiger partial charge is 0.273 e. The summed E-state index contributed by atoms with van der Waals surface area (Å²) < 4.78 is 0. The molecule has 116 valence electrons. The van der Waals surface area contributed by atoms with E-state index in [9.17, 15) is 4.79 Å². The van der Waals surface area contributed by atoms with Gasteiger partial charge in [0.1, 0.15) is 0 Å². The molecule has 1 fully saturated rings. The Morgan fingerprint density at radius 1 is 1.00 bits per heavy atom. The number of nitrogens with zero attached hydrogens (tertiary/aromatic N) is 1. The van der Waals surface area contributed by atoms with Crippen LogP contribution in [0.3, 0.4) is 0 Å². The van der Waals surface area contributed by atoms with E-state index in [0.29, 0.717) is 12.3 Å². The number of rotatable bonds is 12. The average molecular weight is 280 g/mol. The van der Waals surface area contributed by atoms with Gasteiger partial charge in [0, 0.05) is 12.1 Å². The molecule has 0 aliphatic heterocycles. The highest BCUT2D eigenvalue weighted by atomic mass is 16.2. The van der Waals surface area contributed by atoms with Crippen molar-refractivity contribution < 1.29 is 4.79 Å². The van der Waals surface area contributed by atoms with Gasteiger partial charge in [-0.3, -0.25) is 4.79 Å². The van der Waals surface area contributed by atoms with Crippen molar-refractivity contribution in [2.75, 3.05) is 0 Å². The molecule has 0 aromatic rings. The first-order valence-electron chi connectivity index (χ1n) is 8.57. The molecule has 1 rings (SSSR count). The lowest BCUT2D eigenvalue weighted by molar-refractivity contribution is -0.121. The van der Waals surface area contributed by atoms with Crippen molar-refractivity contribution in [2.45, 2.75) is 90.9 Å². The van der Waals surface area contributed by atoms with Crippen LogP contribution in [0, 0.1) is 5.92 Å². The Hall–Kier alpha value is -0.860. The predicted molar refractivity (Wildman–Crippen MR) is 85.8 cm³/mol. The maximum absolute atomic E-state index is 11.6. The van der Waals surface area contributed by atoms with E-state index in [-0.39, 0.29) is 5.91 Å². The molecular formula is C17H32N2O. The molecule has 0 atom stereocenters. The number of carbonyl (C=O) groups is 1. The summed E-state index contributed by atoms with van der Waals surface area (Å²) >= 11 is 0. The SMILES string of the molecule is CCCCCCCCCCCC(=O)NN=C(C)C1CC1. The van der Waals surface area contributed by atoms with Crippen LogP contribution in [0.25, 0.3) is 0 Å². The summed E-state index contributed by atoms with van der Waals surface area (Å²) in [5.41, 5.74) is 3.77. The van der Waals surface area contributed by atoms with Crippen molar-refractivity contribution in [3.05, 3.63) is 0 Å². The maximum Gasteiger partial charge on any atom is 0.240 e. The molecule has 3 heteroatoms. The summed E-state index contributed by atoms with van der Waals surface area (Å²) in [6, 6.07) is 0. The molecule has 0 bridgehead atoms. The Kier molecular flexibility index (Phi) is 9.35. The highest BCUT2D eigenvalue weighted by Crippen LogP contribution is 2.30. The Balaban J connectivity index is 1.85. The fourth-order valence-corrected chi connectivity index (χ4v) is 2.40. The molecule has 1 aliphatic rings. The summed E-state index contributed by atoms with van der Waals surface area (Å²) in [5.74, 6) is 0.718. The fourth-order valence-electron chi connectivity index (χ4n) is 2.40. The van der Waals surface area contributed by atoms with Crippen LogP contribution < -0.4 is 5.43 Å². The molecule has 0 unspecified atom stereocenters. The molecule has 3 nitrogen and oxygen atoms in total. The lowest BCUT2D eigenvalue weighted by Crippen LogP contribution is -2.18. The van der Waals surface area contributed by atoms with Gasteiger partial charge < -0.3 is 0 Å². The van der Waals surface area contributed by atoms with Crippen LogP contribution in [0.4, 0.5) is 0 Å². The van der Waals surface area contributed by atoms with Crippen molar-refractivity contribution in [3.8, 4) is 0 Å². The molecule has 0 aromatic heterocycles. The number of unbranched alkanes of at least 4 members (excludes halogenated alkanes) is 8. The molecule has 1 amide bonds. The van der Waals surface area contributed by atoms with Gasteiger partial charge in [0.15, 0.2) is 0 Å². The average Bonchev–Trinajstić information content (AvgIpc) is 3.27. The summed E-state index contributed by atoms with van der Waals surface area (Å²) in [4.78, 5) is 11.6. The van der Waals surface area contributed by atoms with Gasteiger partial charge in [0.05, 0.1) is 0 Å². The zero-order valence-electron chi connectivity index (χ0n) is 13.4. The van der Waals surface area contributed by atoms with E-state index in [1.807, 2.05) is 6.92 Å². The second-order valence-electron chi connectivity index (χ2n) is 6.14. The number of amides is 1. The fraction of sp³-hybridized carbons (Fsp3) is 0.882. The number of carbonyl (C=O) groups excluding carboxylic acids is 1. The second kappa shape index (κ2) is 10.9. The monoisotopic (exact) mass is 280 g/mol. The molecular weight excluding hydrogens is 248 g/mol. The van der Waals surface area contributed by atoms with Crippen molar-refractivity contribution in [1.82, 2.24) is 5.43 Å². The van der Waals surface area contributed by atoms with Crippen LogP contribution in [0.1, 0.15) is 90.9 Å². The zero-order chi connectivity index (χ0) is 14.6. The number of hydrazone groups is 1. The van der Waals surface area contributed by atoms with Gasteiger partial charge in [-0.05, 0) is 32.1 Å². The van der Waals surface area contributed by atoms with Gasteiger partial charge >= 0.3 is 0 Å². The van der Waals surface area contributed by atoms with Gasteiger partial charge in [-0.15, -0.1) is 0 Å². The third-order valence-corrected chi connectivity index (χ3v) is 4.03. The minimum Gasteiger partial charge on any atom is -0.273 e. The maximum atomic E-state index is 11.6. The normalized spacial score (nSPS) is 15.4. The van der Waals surface area contributed by atoms with E-state index in [1.165, 1.54) is 64.2 Å². The molecule has 0 radical (unpaired) electrons. The first-order valence-corrected chi connectivity index (χ1v) is 8.57. The van der Waals surface area contributed by atoms with Gasteiger partial charge in [-0.2, -0.15) is 5.10 Å². The smallest absolute Gasteiger partial charge is 0.240 e. The van der Waals surface area contributed by atoms with Gasteiger partial charge in [-0.1, -0.05) is 58.3 Å². The van der Waals surface area contributed by atoms with Gasteiger partial charge in [0.25, 0.3) is 0 Å². The van der Waals surface area contributed by atoms with E-state index < -0.39 is 0 Å². The molecule has 1 aliphatic carbocycles. The van der Waals surface area contributed by atoms with Crippen molar-refractivity contribution in [3.63, 3.8) is 0 Å². The lowest BCUT2D eigenvalue weighted by atomic mass is 10.1. The number of nitrogens with one attached hydrogen (secondary N) is 1. The van der Waals surface area contributed by atoms with E-state index in [2.05, 4.69) is 17.5 Å². The van der Waals surface area contributed by atoms with E-state index >= 15 is 0 Å². The van der Waals surface area contributed by atoms with Gasteiger partial charge in [-0.25, -0.2) is 5.43 Å². The highest BCUT2D eigenvalue weighted by Gasteiger charge is 2.24. The zero-order valence-corrected chi connectivity index (χ0v) is 13.4. The van der Waals surface area contributed by atoms with Crippen molar-refractivity contribution in [2.24, 2.45) is 11.0 Å². The Labute approximate surface area is 124 Å². The minimum absolute atomic E-state index is 0.0768. The van der Waals surface area contributed by atoms with Crippen LogP contribution in [-0.2, 0) is 4.79 Å². The Morgan fingerprint density at radius 3 is 2.10 bits per heavy atom. The highest BCUT2D eigenvalue weighted by molar-refractivity contribution is 5.87. The molecule has 20 heavy (non-hydrogen) atoms.